The summed E-state index contributed by atoms with van der Waals surface area (Å²) in [6.07, 6.45) is 4.82. The van der Waals surface area contributed by atoms with Crippen LogP contribution in [0, 0.1) is 0 Å². The van der Waals surface area contributed by atoms with E-state index in [1.807, 2.05) is 0 Å². The molecule has 258 valence electrons. The molecule has 1 aliphatic carbocycles. The first kappa shape index (κ1) is 34.4. The fraction of sp³-hybridized carbons (Fsp3) is 0.265. The molecule has 2 nitrogen and oxygen atoms in total. The largest absolute Gasteiger partial charge is 0.311 e. The molecular weight excluding hydrogens is 617 g/mol. The molecule has 0 aliphatic heterocycles. The van der Waals surface area contributed by atoms with E-state index in [1.54, 1.807) is 0 Å². The van der Waals surface area contributed by atoms with Crippen LogP contribution in [0.15, 0.2) is 158 Å². The minimum atomic E-state index is 0.00886. The highest BCUT2D eigenvalue weighted by atomic mass is 15.1. The predicted octanol–water partition coefficient (Wildman–Crippen LogP) is 14.1. The highest BCUT2D eigenvalue weighted by molar-refractivity contribution is 5.78. The van der Waals surface area contributed by atoms with E-state index in [2.05, 4.69) is 209 Å². The smallest absolute Gasteiger partial charge is 0.0461 e. The second-order valence-corrected chi connectivity index (χ2v) is 16.3. The zero-order valence-electron chi connectivity index (χ0n) is 31.2. The summed E-state index contributed by atoms with van der Waals surface area (Å²) in [6.45, 7) is 13.6. The van der Waals surface area contributed by atoms with Crippen LogP contribution >= 0.6 is 0 Å². The van der Waals surface area contributed by atoms with E-state index in [9.17, 15) is 0 Å². The molecule has 1 fully saturated rings. The quantitative estimate of drug-likeness (QED) is 0.159. The van der Waals surface area contributed by atoms with Gasteiger partial charge in [-0.3, -0.25) is 0 Å². The standard InChI is InChI=1S/C49H52N2/c1-47(2,3)37-19-27-43(28-20-37)50(41-15-9-7-10-16-41)45-31-23-39(24-32-45)49(35-13-14-36-49)40-25-33-46(34-26-40)51(42-17-11-8-12-18-42)44-29-21-38(22-30-44)48(4,5)6/h7-12,15-34H,13-14,35-36H2,1-6H3. The first-order valence-electron chi connectivity index (χ1n) is 18.7. The number of benzene rings is 6. The Kier molecular flexibility index (Phi) is 9.38. The average Bonchev–Trinajstić information content (AvgIpc) is 3.65. The van der Waals surface area contributed by atoms with E-state index in [4.69, 9.17) is 0 Å². The Labute approximate surface area is 306 Å². The number of nitrogens with zero attached hydrogens (tertiary/aromatic N) is 2. The number of para-hydroxylation sites is 2. The molecule has 51 heavy (non-hydrogen) atoms. The molecule has 6 aromatic rings. The van der Waals surface area contributed by atoms with Crippen molar-refractivity contribution in [3.63, 3.8) is 0 Å². The summed E-state index contributed by atoms with van der Waals surface area (Å²) in [5.74, 6) is 0. The van der Waals surface area contributed by atoms with Gasteiger partial charge in [0, 0.05) is 39.5 Å². The minimum absolute atomic E-state index is 0.00886. The second kappa shape index (κ2) is 13.9. The molecular formula is C49H52N2. The molecule has 0 aromatic heterocycles. The third-order valence-corrected chi connectivity index (χ3v) is 10.8. The molecule has 0 radical (unpaired) electrons. The Bertz CT molecular complexity index is 1860. The minimum Gasteiger partial charge on any atom is -0.311 e. The zero-order valence-corrected chi connectivity index (χ0v) is 31.2. The van der Waals surface area contributed by atoms with E-state index >= 15 is 0 Å². The highest BCUT2D eigenvalue weighted by Crippen LogP contribution is 2.48. The van der Waals surface area contributed by atoms with Gasteiger partial charge in [0.05, 0.1) is 0 Å². The number of anilines is 6. The third kappa shape index (κ3) is 7.10. The molecule has 0 amide bonds. The van der Waals surface area contributed by atoms with Crippen LogP contribution in [-0.2, 0) is 16.2 Å². The van der Waals surface area contributed by atoms with Crippen molar-refractivity contribution in [2.24, 2.45) is 0 Å². The molecule has 2 heteroatoms. The summed E-state index contributed by atoms with van der Waals surface area (Å²) in [5, 5.41) is 0. The van der Waals surface area contributed by atoms with Crippen molar-refractivity contribution in [3.8, 4) is 0 Å². The van der Waals surface area contributed by atoms with Crippen molar-refractivity contribution in [3.05, 3.63) is 180 Å². The van der Waals surface area contributed by atoms with Gasteiger partial charge < -0.3 is 9.80 Å². The van der Waals surface area contributed by atoms with Gasteiger partial charge in [-0.05, 0) is 119 Å². The predicted molar refractivity (Wildman–Crippen MR) is 219 cm³/mol. The molecule has 0 N–H and O–H groups in total. The van der Waals surface area contributed by atoms with Crippen LogP contribution in [0.3, 0.4) is 0 Å². The molecule has 0 heterocycles. The normalized spacial score (nSPS) is 14.3. The van der Waals surface area contributed by atoms with E-state index in [0.29, 0.717) is 0 Å². The molecule has 1 saturated carbocycles. The van der Waals surface area contributed by atoms with Crippen molar-refractivity contribution in [1.82, 2.24) is 0 Å². The fourth-order valence-corrected chi connectivity index (χ4v) is 7.85. The van der Waals surface area contributed by atoms with Gasteiger partial charge in [-0.25, -0.2) is 0 Å². The molecule has 1 aliphatic rings. The molecule has 0 saturated heterocycles. The fourth-order valence-electron chi connectivity index (χ4n) is 7.85. The van der Waals surface area contributed by atoms with Crippen LogP contribution in [0.5, 0.6) is 0 Å². The van der Waals surface area contributed by atoms with Gasteiger partial charge >= 0.3 is 0 Å². The van der Waals surface area contributed by atoms with Crippen LogP contribution in [0.2, 0.25) is 0 Å². The van der Waals surface area contributed by atoms with Gasteiger partial charge in [0.25, 0.3) is 0 Å². The van der Waals surface area contributed by atoms with E-state index in [-0.39, 0.29) is 16.2 Å². The number of rotatable bonds is 8. The van der Waals surface area contributed by atoms with Gasteiger partial charge in [-0.2, -0.15) is 0 Å². The summed E-state index contributed by atoms with van der Waals surface area (Å²) >= 11 is 0. The Morgan fingerprint density at radius 1 is 0.353 bits per heavy atom. The number of hydrogen-bond donors (Lipinski definition) is 0. The summed E-state index contributed by atoms with van der Waals surface area (Å²) in [6, 6.07) is 58.5. The van der Waals surface area contributed by atoms with Crippen LogP contribution in [0.4, 0.5) is 34.1 Å². The topological polar surface area (TPSA) is 6.48 Å². The van der Waals surface area contributed by atoms with Gasteiger partial charge in [0.1, 0.15) is 0 Å². The monoisotopic (exact) mass is 668 g/mol. The van der Waals surface area contributed by atoms with Crippen molar-refractivity contribution in [1.29, 1.82) is 0 Å². The van der Waals surface area contributed by atoms with E-state index in [1.165, 1.54) is 70.7 Å². The Balaban J connectivity index is 1.22. The average molecular weight is 669 g/mol. The zero-order chi connectivity index (χ0) is 35.6. The highest BCUT2D eigenvalue weighted by Gasteiger charge is 2.37. The Morgan fingerprint density at radius 3 is 0.922 bits per heavy atom. The lowest BCUT2D eigenvalue weighted by atomic mass is 9.73. The third-order valence-electron chi connectivity index (χ3n) is 10.8. The van der Waals surface area contributed by atoms with Crippen molar-refractivity contribution < 1.29 is 0 Å². The maximum absolute atomic E-state index is 2.39. The SMILES string of the molecule is CC(C)(C)c1ccc(N(c2ccccc2)c2ccc(C3(c4ccc(N(c5ccccc5)c5ccc(C(C)(C)C)cc5)cc4)CCCC3)cc2)cc1. The molecule has 0 unspecified atom stereocenters. The Hall–Kier alpha value is -5.08. The van der Waals surface area contributed by atoms with Gasteiger partial charge in [-0.1, -0.05) is 139 Å². The van der Waals surface area contributed by atoms with Gasteiger partial charge in [0.15, 0.2) is 0 Å². The van der Waals surface area contributed by atoms with Crippen molar-refractivity contribution in [2.45, 2.75) is 83.5 Å². The summed E-state index contributed by atoms with van der Waals surface area (Å²) in [7, 11) is 0. The van der Waals surface area contributed by atoms with Crippen LogP contribution in [0.25, 0.3) is 0 Å². The molecule has 0 bridgehead atoms. The van der Waals surface area contributed by atoms with Gasteiger partial charge in [-0.15, -0.1) is 0 Å². The Morgan fingerprint density at radius 2 is 0.627 bits per heavy atom. The lowest BCUT2D eigenvalue weighted by Crippen LogP contribution is -2.24. The molecule has 0 spiro atoms. The summed E-state index contributed by atoms with van der Waals surface area (Å²) in [4.78, 5) is 4.75. The van der Waals surface area contributed by atoms with Gasteiger partial charge in [0.2, 0.25) is 0 Å². The second-order valence-electron chi connectivity index (χ2n) is 16.3. The number of hydrogen-bond acceptors (Lipinski definition) is 2. The summed E-state index contributed by atoms with van der Waals surface area (Å²) in [5.41, 5.74) is 12.8. The maximum atomic E-state index is 2.39. The van der Waals surface area contributed by atoms with Crippen LogP contribution in [0.1, 0.15) is 89.5 Å². The molecule has 0 atom stereocenters. The van der Waals surface area contributed by atoms with E-state index in [0.717, 1.165) is 11.4 Å². The first-order valence-corrected chi connectivity index (χ1v) is 18.7. The maximum Gasteiger partial charge on any atom is 0.0461 e. The summed E-state index contributed by atoms with van der Waals surface area (Å²) < 4.78 is 0. The van der Waals surface area contributed by atoms with Crippen LogP contribution in [-0.4, -0.2) is 0 Å². The lowest BCUT2D eigenvalue weighted by molar-refractivity contribution is 0.535. The van der Waals surface area contributed by atoms with Crippen molar-refractivity contribution >= 4 is 34.1 Å². The molecule has 6 aromatic carbocycles. The van der Waals surface area contributed by atoms with Crippen molar-refractivity contribution in [2.75, 3.05) is 9.80 Å². The lowest BCUT2D eigenvalue weighted by Gasteiger charge is -2.33. The van der Waals surface area contributed by atoms with Crippen LogP contribution < -0.4 is 9.80 Å². The van der Waals surface area contributed by atoms with E-state index < -0.39 is 0 Å². The molecule has 7 rings (SSSR count). The first-order chi connectivity index (χ1) is 24.5.